The predicted octanol–water partition coefficient (Wildman–Crippen LogP) is 0.301. The van der Waals surface area contributed by atoms with Crippen molar-refractivity contribution >= 4 is 6.47 Å². The third-order valence-corrected chi connectivity index (χ3v) is 1.93. The molecule has 0 aromatic carbocycles. The van der Waals surface area contributed by atoms with E-state index in [2.05, 4.69) is 17.0 Å². The lowest BCUT2D eigenvalue weighted by atomic mass is 10.0. The fourth-order valence-electron chi connectivity index (χ4n) is 1.30. The molecule has 1 fully saturated rings. The highest BCUT2D eigenvalue weighted by molar-refractivity contribution is 5.37. The first-order chi connectivity index (χ1) is 4.77. The smallest absolute Gasteiger partial charge is 0.293 e. The van der Waals surface area contributed by atoms with Gasteiger partial charge >= 0.3 is 0 Å². The van der Waals surface area contributed by atoms with Crippen molar-refractivity contribution in [3.05, 3.63) is 0 Å². The zero-order valence-electron chi connectivity index (χ0n) is 6.22. The van der Waals surface area contributed by atoms with E-state index in [1.54, 1.807) is 0 Å². The maximum Gasteiger partial charge on any atom is 0.293 e. The third kappa shape index (κ3) is 1.70. The monoisotopic (exact) mass is 143 g/mol. The van der Waals surface area contributed by atoms with Crippen LogP contribution in [0.25, 0.3) is 0 Å². The van der Waals surface area contributed by atoms with Crippen molar-refractivity contribution in [2.24, 2.45) is 0 Å². The summed E-state index contributed by atoms with van der Waals surface area (Å²) >= 11 is 0. The van der Waals surface area contributed by atoms with Gasteiger partial charge in [0.1, 0.15) is 6.61 Å². The van der Waals surface area contributed by atoms with Crippen LogP contribution in [0.4, 0.5) is 0 Å². The lowest BCUT2D eigenvalue weighted by Gasteiger charge is -2.21. The minimum atomic E-state index is 0.0426. The first-order valence-corrected chi connectivity index (χ1v) is 3.57. The number of rotatable bonds is 3. The third-order valence-electron chi connectivity index (χ3n) is 1.93. The number of carbonyl (C=O) groups is 1. The van der Waals surface area contributed by atoms with Gasteiger partial charge in [-0.15, -0.1) is 0 Å². The predicted molar refractivity (Wildman–Crippen MR) is 37.7 cm³/mol. The maximum atomic E-state index is 9.85. The topological polar surface area (TPSA) is 38.3 Å². The Morgan fingerprint density at radius 1 is 1.80 bits per heavy atom. The van der Waals surface area contributed by atoms with Crippen molar-refractivity contribution in [2.75, 3.05) is 13.2 Å². The molecule has 3 heteroatoms. The van der Waals surface area contributed by atoms with E-state index in [9.17, 15) is 4.79 Å². The quantitative estimate of drug-likeness (QED) is 0.577. The fourth-order valence-corrected chi connectivity index (χ4v) is 1.30. The average Bonchev–Trinajstić information content (AvgIpc) is 2.33. The molecular weight excluding hydrogens is 130 g/mol. The summed E-state index contributed by atoms with van der Waals surface area (Å²) in [6.07, 6.45) is 2.28. The lowest BCUT2D eigenvalue weighted by Crippen LogP contribution is -2.40. The molecule has 0 bridgehead atoms. The molecule has 58 valence electrons. The normalized spacial score (nSPS) is 32.1. The van der Waals surface area contributed by atoms with Crippen LogP contribution in [-0.2, 0) is 9.53 Å². The second-order valence-electron chi connectivity index (χ2n) is 3.00. The molecule has 3 nitrogen and oxygen atoms in total. The lowest BCUT2D eigenvalue weighted by molar-refractivity contribution is -0.130. The molecule has 1 saturated heterocycles. The number of carbonyl (C=O) groups excluding carboxylic acids is 1. The minimum absolute atomic E-state index is 0.0426. The molecule has 0 radical (unpaired) electrons. The summed E-state index contributed by atoms with van der Waals surface area (Å²) in [5, 5.41) is 3.28. The van der Waals surface area contributed by atoms with Crippen LogP contribution < -0.4 is 5.32 Å². The Bertz CT molecular complexity index is 119. The van der Waals surface area contributed by atoms with Crippen LogP contribution in [-0.4, -0.2) is 25.2 Å². The second kappa shape index (κ2) is 3.01. The Morgan fingerprint density at radius 3 is 3.10 bits per heavy atom. The van der Waals surface area contributed by atoms with E-state index in [4.69, 9.17) is 0 Å². The summed E-state index contributed by atoms with van der Waals surface area (Å²) in [5.74, 6) is 0. The van der Waals surface area contributed by atoms with Crippen molar-refractivity contribution < 1.29 is 9.53 Å². The van der Waals surface area contributed by atoms with Crippen molar-refractivity contribution in [1.82, 2.24) is 5.32 Å². The molecule has 0 aliphatic carbocycles. The van der Waals surface area contributed by atoms with Crippen LogP contribution in [0.3, 0.4) is 0 Å². The molecule has 1 rings (SSSR count). The SMILES string of the molecule is CC1(COC=O)CCCN1. The molecule has 1 aliphatic heterocycles. The molecule has 1 heterocycles. The molecule has 1 N–H and O–H groups in total. The van der Waals surface area contributed by atoms with Crippen LogP contribution in [0.1, 0.15) is 19.8 Å². The Labute approximate surface area is 60.7 Å². The van der Waals surface area contributed by atoms with E-state index in [1.165, 1.54) is 6.42 Å². The van der Waals surface area contributed by atoms with Crippen LogP contribution >= 0.6 is 0 Å². The molecule has 0 amide bonds. The van der Waals surface area contributed by atoms with Crippen molar-refractivity contribution in [3.8, 4) is 0 Å². The van der Waals surface area contributed by atoms with Gasteiger partial charge in [0, 0.05) is 5.54 Å². The summed E-state index contributed by atoms with van der Waals surface area (Å²) in [7, 11) is 0. The van der Waals surface area contributed by atoms with Gasteiger partial charge in [0.25, 0.3) is 6.47 Å². The molecular formula is C7H13NO2. The van der Waals surface area contributed by atoms with Gasteiger partial charge in [0.05, 0.1) is 0 Å². The summed E-state index contributed by atoms with van der Waals surface area (Å²) in [5.41, 5.74) is 0.0426. The second-order valence-corrected chi connectivity index (χ2v) is 3.00. The maximum absolute atomic E-state index is 9.85. The largest absolute Gasteiger partial charge is 0.466 e. The molecule has 0 spiro atoms. The Morgan fingerprint density at radius 2 is 2.60 bits per heavy atom. The van der Waals surface area contributed by atoms with Crippen molar-refractivity contribution in [1.29, 1.82) is 0 Å². The van der Waals surface area contributed by atoms with E-state index >= 15 is 0 Å². The van der Waals surface area contributed by atoms with Crippen LogP contribution in [0.5, 0.6) is 0 Å². The summed E-state index contributed by atoms with van der Waals surface area (Å²) in [6, 6.07) is 0. The van der Waals surface area contributed by atoms with Gasteiger partial charge in [0.15, 0.2) is 0 Å². The van der Waals surface area contributed by atoms with Gasteiger partial charge in [-0.2, -0.15) is 0 Å². The first kappa shape index (κ1) is 7.54. The molecule has 1 unspecified atom stereocenters. The van der Waals surface area contributed by atoms with Gasteiger partial charge in [-0.1, -0.05) is 0 Å². The van der Waals surface area contributed by atoms with Gasteiger partial charge in [-0.05, 0) is 26.3 Å². The average molecular weight is 143 g/mol. The van der Waals surface area contributed by atoms with E-state index in [0.29, 0.717) is 13.1 Å². The zero-order valence-corrected chi connectivity index (χ0v) is 6.22. The standard InChI is InChI=1S/C7H13NO2/c1-7(5-10-6-9)3-2-4-8-7/h6,8H,2-5H2,1H3. The van der Waals surface area contributed by atoms with Gasteiger partial charge in [-0.25, -0.2) is 0 Å². The van der Waals surface area contributed by atoms with E-state index < -0.39 is 0 Å². The van der Waals surface area contributed by atoms with E-state index in [-0.39, 0.29) is 5.54 Å². The van der Waals surface area contributed by atoms with E-state index in [1.807, 2.05) is 0 Å². The first-order valence-electron chi connectivity index (χ1n) is 3.57. The highest BCUT2D eigenvalue weighted by Crippen LogP contribution is 2.17. The Balaban J connectivity index is 2.28. The van der Waals surface area contributed by atoms with Gasteiger partial charge < -0.3 is 10.1 Å². The Kier molecular flexibility index (Phi) is 2.27. The van der Waals surface area contributed by atoms with Crippen LogP contribution in [0.15, 0.2) is 0 Å². The summed E-state index contributed by atoms with van der Waals surface area (Å²) in [6.45, 7) is 4.12. The van der Waals surface area contributed by atoms with Gasteiger partial charge in [0.2, 0.25) is 0 Å². The number of hydrogen-bond donors (Lipinski definition) is 1. The van der Waals surface area contributed by atoms with Gasteiger partial charge in [-0.3, -0.25) is 4.79 Å². The molecule has 0 saturated carbocycles. The Hall–Kier alpha value is -0.570. The van der Waals surface area contributed by atoms with Crippen LogP contribution in [0.2, 0.25) is 0 Å². The highest BCUT2D eigenvalue weighted by atomic mass is 16.5. The molecule has 10 heavy (non-hydrogen) atoms. The van der Waals surface area contributed by atoms with Crippen molar-refractivity contribution in [3.63, 3.8) is 0 Å². The molecule has 1 aliphatic rings. The molecule has 1 atom stereocenters. The highest BCUT2D eigenvalue weighted by Gasteiger charge is 2.28. The number of ether oxygens (including phenoxy) is 1. The summed E-state index contributed by atoms with van der Waals surface area (Å²) < 4.78 is 4.68. The minimum Gasteiger partial charge on any atom is -0.466 e. The van der Waals surface area contributed by atoms with Crippen molar-refractivity contribution in [2.45, 2.75) is 25.3 Å². The number of nitrogens with one attached hydrogen (secondary N) is 1. The summed E-state index contributed by atoms with van der Waals surface area (Å²) in [4.78, 5) is 9.85. The molecule has 0 aromatic heterocycles. The fraction of sp³-hybridized carbons (Fsp3) is 0.857. The zero-order chi connectivity index (χ0) is 7.45. The molecule has 0 aromatic rings. The van der Waals surface area contributed by atoms with E-state index in [0.717, 1.165) is 13.0 Å². The number of hydrogen-bond acceptors (Lipinski definition) is 3. The van der Waals surface area contributed by atoms with Crippen LogP contribution in [0, 0.1) is 0 Å².